The van der Waals surface area contributed by atoms with Gasteiger partial charge in [-0.15, -0.1) is 0 Å². The maximum Gasteiger partial charge on any atom is 0.0354 e. The number of hydrogen-bond acceptors (Lipinski definition) is 1. The zero-order valence-corrected chi connectivity index (χ0v) is 10.3. The van der Waals surface area contributed by atoms with E-state index in [1.807, 2.05) is 0 Å². The number of rotatable bonds is 2. The lowest BCUT2D eigenvalue weighted by atomic mass is 9.81. The minimum Gasteiger partial charge on any atom is -0.310 e. The first-order valence-corrected chi connectivity index (χ1v) is 6.68. The second-order valence-electron chi connectivity index (χ2n) is 5.31. The van der Waals surface area contributed by atoms with E-state index in [-0.39, 0.29) is 0 Å². The largest absolute Gasteiger partial charge is 0.310 e. The molecule has 0 amide bonds. The van der Waals surface area contributed by atoms with Crippen molar-refractivity contribution in [1.29, 1.82) is 0 Å². The summed E-state index contributed by atoms with van der Waals surface area (Å²) in [4.78, 5) is 0. The summed E-state index contributed by atoms with van der Waals surface area (Å²) in [5.41, 5.74) is 4.92. The highest BCUT2D eigenvalue weighted by Crippen LogP contribution is 2.50. The van der Waals surface area contributed by atoms with Crippen LogP contribution in [0.5, 0.6) is 0 Å². The van der Waals surface area contributed by atoms with Gasteiger partial charge in [-0.3, -0.25) is 0 Å². The normalized spacial score (nSPS) is 31.5. The van der Waals surface area contributed by atoms with Gasteiger partial charge in [0, 0.05) is 6.04 Å². The lowest BCUT2D eigenvalue weighted by molar-refractivity contribution is 0.351. The van der Waals surface area contributed by atoms with Gasteiger partial charge < -0.3 is 5.32 Å². The molecule has 1 aromatic rings. The van der Waals surface area contributed by atoms with Crippen LogP contribution in [0, 0.1) is 5.92 Å². The van der Waals surface area contributed by atoms with Gasteiger partial charge in [-0.25, -0.2) is 0 Å². The number of hydrogen-bond donors (Lipinski definition) is 1. The standard InChI is InChI=1S/C15H21N/c1-3-16-15-10(2)12-8-4-6-11-7-5-9-13(15)14(11)12/h5,7,9-10,12,15-16H,3-4,6,8H2,1-2H3. The van der Waals surface area contributed by atoms with Crippen LogP contribution in [0.25, 0.3) is 0 Å². The zero-order chi connectivity index (χ0) is 11.1. The molecule has 0 heterocycles. The van der Waals surface area contributed by atoms with Crippen molar-refractivity contribution in [3.63, 3.8) is 0 Å². The second-order valence-corrected chi connectivity index (χ2v) is 5.31. The molecule has 2 aliphatic rings. The monoisotopic (exact) mass is 215 g/mol. The first-order valence-electron chi connectivity index (χ1n) is 6.68. The van der Waals surface area contributed by atoms with Crippen molar-refractivity contribution in [2.75, 3.05) is 6.54 Å². The highest BCUT2D eigenvalue weighted by molar-refractivity contribution is 5.46. The Hall–Kier alpha value is -0.820. The van der Waals surface area contributed by atoms with E-state index in [1.54, 1.807) is 16.7 Å². The number of benzene rings is 1. The summed E-state index contributed by atoms with van der Waals surface area (Å²) in [6, 6.07) is 7.53. The molecule has 0 aromatic heterocycles. The van der Waals surface area contributed by atoms with Crippen molar-refractivity contribution >= 4 is 0 Å². The van der Waals surface area contributed by atoms with Crippen LogP contribution >= 0.6 is 0 Å². The third kappa shape index (κ3) is 1.34. The van der Waals surface area contributed by atoms with E-state index < -0.39 is 0 Å². The van der Waals surface area contributed by atoms with Gasteiger partial charge in [0.25, 0.3) is 0 Å². The van der Waals surface area contributed by atoms with Crippen molar-refractivity contribution < 1.29 is 0 Å². The van der Waals surface area contributed by atoms with E-state index in [4.69, 9.17) is 0 Å². The van der Waals surface area contributed by atoms with Crippen molar-refractivity contribution in [2.24, 2.45) is 5.92 Å². The molecule has 3 unspecified atom stereocenters. The molecule has 0 fully saturated rings. The Kier molecular flexibility index (Phi) is 2.51. The van der Waals surface area contributed by atoms with E-state index in [2.05, 4.69) is 37.4 Å². The number of nitrogens with one attached hydrogen (secondary N) is 1. The van der Waals surface area contributed by atoms with Crippen molar-refractivity contribution in [3.05, 3.63) is 34.9 Å². The van der Waals surface area contributed by atoms with Crippen LogP contribution in [0.1, 0.15) is 55.3 Å². The van der Waals surface area contributed by atoms with Crippen molar-refractivity contribution in [1.82, 2.24) is 5.32 Å². The molecule has 3 atom stereocenters. The molecule has 16 heavy (non-hydrogen) atoms. The molecule has 0 radical (unpaired) electrons. The molecule has 0 saturated carbocycles. The molecular formula is C15H21N. The molecule has 86 valence electrons. The van der Waals surface area contributed by atoms with Gasteiger partial charge in [0.05, 0.1) is 0 Å². The molecule has 1 N–H and O–H groups in total. The SMILES string of the molecule is CCNC1c2cccc3c2C(CCC3)C1C. The van der Waals surface area contributed by atoms with Crippen molar-refractivity contribution in [2.45, 2.75) is 45.1 Å². The fourth-order valence-corrected chi connectivity index (χ4v) is 3.79. The summed E-state index contributed by atoms with van der Waals surface area (Å²) in [5.74, 6) is 1.60. The van der Waals surface area contributed by atoms with Crippen LogP contribution in [0.4, 0.5) is 0 Å². The average molecular weight is 215 g/mol. The topological polar surface area (TPSA) is 12.0 Å². The Balaban J connectivity index is 2.09. The maximum absolute atomic E-state index is 3.67. The maximum atomic E-state index is 3.67. The van der Waals surface area contributed by atoms with Gasteiger partial charge in [-0.2, -0.15) is 0 Å². The summed E-state index contributed by atoms with van der Waals surface area (Å²) >= 11 is 0. The van der Waals surface area contributed by atoms with Crippen LogP contribution in [-0.2, 0) is 6.42 Å². The van der Waals surface area contributed by atoms with Gasteiger partial charge in [-0.05, 0) is 54.3 Å². The van der Waals surface area contributed by atoms with Crippen LogP contribution < -0.4 is 5.32 Å². The summed E-state index contributed by atoms with van der Waals surface area (Å²) < 4.78 is 0. The third-order valence-corrected chi connectivity index (χ3v) is 4.48. The Bertz CT molecular complexity index is 396. The second kappa shape index (κ2) is 3.89. The fourth-order valence-electron chi connectivity index (χ4n) is 3.79. The Morgan fingerprint density at radius 1 is 1.38 bits per heavy atom. The molecule has 1 nitrogen and oxygen atoms in total. The first-order chi connectivity index (χ1) is 7.83. The molecule has 2 aliphatic carbocycles. The summed E-state index contributed by atoms with van der Waals surface area (Å²) in [7, 11) is 0. The molecule has 0 spiro atoms. The summed E-state index contributed by atoms with van der Waals surface area (Å²) in [6.45, 7) is 5.71. The molecule has 0 saturated heterocycles. The van der Waals surface area contributed by atoms with Gasteiger partial charge in [0.2, 0.25) is 0 Å². The molecule has 0 aliphatic heterocycles. The fraction of sp³-hybridized carbons (Fsp3) is 0.600. The first kappa shape index (κ1) is 10.3. The van der Waals surface area contributed by atoms with Gasteiger partial charge in [-0.1, -0.05) is 32.0 Å². The Labute approximate surface area is 98.3 Å². The summed E-state index contributed by atoms with van der Waals surface area (Å²) in [6.07, 6.45) is 4.07. The van der Waals surface area contributed by atoms with E-state index in [0.717, 1.165) is 18.4 Å². The molecule has 1 aromatic carbocycles. The lowest BCUT2D eigenvalue weighted by Crippen LogP contribution is -2.24. The molecule has 0 bridgehead atoms. The smallest absolute Gasteiger partial charge is 0.0354 e. The van der Waals surface area contributed by atoms with Gasteiger partial charge in [0.1, 0.15) is 0 Å². The van der Waals surface area contributed by atoms with E-state index in [1.165, 1.54) is 19.3 Å². The van der Waals surface area contributed by atoms with Crippen LogP contribution in [0.3, 0.4) is 0 Å². The van der Waals surface area contributed by atoms with Crippen LogP contribution in [0.15, 0.2) is 18.2 Å². The lowest BCUT2D eigenvalue weighted by Gasteiger charge is -2.25. The predicted molar refractivity (Wildman–Crippen MR) is 67.7 cm³/mol. The van der Waals surface area contributed by atoms with E-state index >= 15 is 0 Å². The highest BCUT2D eigenvalue weighted by Gasteiger charge is 2.39. The minimum atomic E-state index is 0.600. The quantitative estimate of drug-likeness (QED) is 0.797. The van der Waals surface area contributed by atoms with Crippen LogP contribution in [0.2, 0.25) is 0 Å². The van der Waals surface area contributed by atoms with Crippen molar-refractivity contribution in [3.8, 4) is 0 Å². The zero-order valence-electron chi connectivity index (χ0n) is 10.3. The highest BCUT2D eigenvalue weighted by atomic mass is 14.9. The van der Waals surface area contributed by atoms with E-state index in [0.29, 0.717) is 6.04 Å². The number of aryl methyl sites for hydroxylation is 1. The molecule has 3 rings (SSSR count). The summed E-state index contributed by atoms with van der Waals surface area (Å²) in [5, 5.41) is 3.67. The predicted octanol–water partition coefficient (Wildman–Crippen LogP) is 3.41. The average Bonchev–Trinajstić information content (AvgIpc) is 2.58. The van der Waals surface area contributed by atoms with Crippen LogP contribution in [-0.4, -0.2) is 6.54 Å². The van der Waals surface area contributed by atoms with Gasteiger partial charge >= 0.3 is 0 Å². The third-order valence-electron chi connectivity index (χ3n) is 4.48. The molecular weight excluding hydrogens is 194 g/mol. The van der Waals surface area contributed by atoms with E-state index in [9.17, 15) is 0 Å². The Morgan fingerprint density at radius 3 is 3.06 bits per heavy atom. The minimum absolute atomic E-state index is 0.600. The van der Waals surface area contributed by atoms with Gasteiger partial charge in [0.15, 0.2) is 0 Å². The molecule has 1 heteroatoms. The Morgan fingerprint density at radius 2 is 2.25 bits per heavy atom.